The van der Waals surface area contributed by atoms with Crippen molar-refractivity contribution in [3.63, 3.8) is 0 Å². The summed E-state index contributed by atoms with van der Waals surface area (Å²) in [5.74, 6) is -1.28. The normalized spacial score (nSPS) is 10.8. The number of hydrogen-bond donors (Lipinski definition) is 1. The zero-order valence-electron chi connectivity index (χ0n) is 6.40. The van der Waals surface area contributed by atoms with Crippen molar-refractivity contribution in [2.75, 3.05) is 5.73 Å². The van der Waals surface area contributed by atoms with E-state index < -0.39 is 23.8 Å². The topological polar surface area (TPSA) is 38.9 Å². The monoisotopic (exact) mass is 254 g/mol. The Kier molecular flexibility index (Phi) is 3.13. The molecule has 0 aliphatic rings. The Morgan fingerprint density at radius 2 is 2.15 bits per heavy atom. The molecule has 1 aromatic heterocycles. The molecule has 0 saturated heterocycles. The summed E-state index contributed by atoms with van der Waals surface area (Å²) >= 11 is 2.95. The van der Waals surface area contributed by atoms with E-state index in [1.807, 2.05) is 0 Å². The lowest BCUT2D eigenvalue weighted by Crippen LogP contribution is -2.03. The molecular formula is C7H6BrF3N2. The minimum Gasteiger partial charge on any atom is -0.383 e. The smallest absolute Gasteiger partial charge is 0.267 e. The van der Waals surface area contributed by atoms with Crippen LogP contribution in [-0.2, 0) is 5.33 Å². The first-order valence-electron chi connectivity index (χ1n) is 3.35. The number of rotatable bonds is 2. The van der Waals surface area contributed by atoms with Crippen LogP contribution in [0.1, 0.15) is 17.6 Å². The Hall–Kier alpha value is -0.780. The lowest BCUT2D eigenvalue weighted by Gasteiger charge is -2.05. The molecule has 1 heterocycles. The summed E-state index contributed by atoms with van der Waals surface area (Å²) in [6.07, 6.45) is -2.73. The molecule has 1 rings (SSSR count). The minimum atomic E-state index is -2.73. The average Bonchev–Trinajstić information content (AvgIpc) is 2.03. The number of nitrogens with zero attached hydrogens (tertiary/aromatic N) is 1. The highest BCUT2D eigenvalue weighted by Crippen LogP contribution is 2.26. The average molecular weight is 255 g/mol. The van der Waals surface area contributed by atoms with E-state index in [-0.39, 0.29) is 10.9 Å². The van der Waals surface area contributed by atoms with Crippen LogP contribution in [0.15, 0.2) is 6.07 Å². The zero-order chi connectivity index (χ0) is 10.0. The van der Waals surface area contributed by atoms with Gasteiger partial charge < -0.3 is 5.73 Å². The van der Waals surface area contributed by atoms with Crippen molar-refractivity contribution >= 4 is 21.7 Å². The fourth-order valence-electron chi connectivity index (χ4n) is 0.832. The third kappa shape index (κ3) is 2.12. The van der Waals surface area contributed by atoms with Gasteiger partial charge in [0.25, 0.3) is 6.43 Å². The van der Waals surface area contributed by atoms with Gasteiger partial charge >= 0.3 is 0 Å². The van der Waals surface area contributed by atoms with Crippen molar-refractivity contribution in [1.82, 2.24) is 4.98 Å². The molecule has 6 heteroatoms. The highest BCUT2D eigenvalue weighted by molar-refractivity contribution is 9.08. The molecule has 0 aliphatic carbocycles. The molecular weight excluding hydrogens is 249 g/mol. The summed E-state index contributed by atoms with van der Waals surface area (Å²) in [5.41, 5.74) is 4.74. The molecule has 2 nitrogen and oxygen atoms in total. The largest absolute Gasteiger partial charge is 0.383 e. The fourth-order valence-corrected chi connectivity index (χ4v) is 1.23. The molecule has 0 fully saturated rings. The van der Waals surface area contributed by atoms with Crippen molar-refractivity contribution in [2.24, 2.45) is 0 Å². The SMILES string of the molecule is Nc1nc(F)c(CBr)cc1C(F)F. The Balaban J connectivity index is 3.22. The van der Waals surface area contributed by atoms with E-state index >= 15 is 0 Å². The lowest BCUT2D eigenvalue weighted by atomic mass is 10.2. The summed E-state index contributed by atoms with van der Waals surface area (Å²) in [5, 5.41) is 0.131. The van der Waals surface area contributed by atoms with Gasteiger partial charge in [0.2, 0.25) is 5.95 Å². The van der Waals surface area contributed by atoms with Gasteiger partial charge in [0, 0.05) is 10.9 Å². The Morgan fingerprint density at radius 1 is 1.54 bits per heavy atom. The Bertz CT molecular complexity index is 317. The molecule has 0 atom stereocenters. The van der Waals surface area contributed by atoms with Crippen LogP contribution in [0, 0.1) is 5.95 Å². The van der Waals surface area contributed by atoms with Crippen LogP contribution in [-0.4, -0.2) is 4.98 Å². The molecule has 0 spiro atoms. The molecule has 1 aromatic rings. The van der Waals surface area contributed by atoms with E-state index in [2.05, 4.69) is 20.9 Å². The summed E-state index contributed by atoms with van der Waals surface area (Å²) in [4.78, 5) is 3.17. The van der Waals surface area contributed by atoms with E-state index in [0.717, 1.165) is 6.07 Å². The standard InChI is InChI=1S/C7H6BrF3N2/c8-2-3-1-4(5(9)10)7(12)13-6(3)11/h1,5H,2H2,(H2,12,13). The van der Waals surface area contributed by atoms with Crippen molar-refractivity contribution in [3.05, 3.63) is 23.1 Å². The van der Waals surface area contributed by atoms with Crippen molar-refractivity contribution < 1.29 is 13.2 Å². The van der Waals surface area contributed by atoms with Gasteiger partial charge in [0.15, 0.2) is 0 Å². The van der Waals surface area contributed by atoms with E-state index in [4.69, 9.17) is 5.73 Å². The van der Waals surface area contributed by atoms with Gasteiger partial charge in [-0.2, -0.15) is 4.39 Å². The molecule has 0 saturated carbocycles. The number of nitrogen functional groups attached to an aromatic ring is 1. The summed E-state index contributed by atoms with van der Waals surface area (Å²) < 4.78 is 37.3. The van der Waals surface area contributed by atoms with Crippen molar-refractivity contribution in [1.29, 1.82) is 0 Å². The van der Waals surface area contributed by atoms with Crippen LogP contribution < -0.4 is 5.73 Å². The molecule has 0 bridgehead atoms. The fraction of sp³-hybridized carbons (Fsp3) is 0.286. The number of nitrogens with two attached hydrogens (primary N) is 1. The number of halogens is 4. The van der Waals surface area contributed by atoms with Gasteiger partial charge in [0.05, 0.1) is 5.56 Å². The second-order valence-corrected chi connectivity index (χ2v) is 2.91. The van der Waals surface area contributed by atoms with E-state index in [1.165, 1.54) is 0 Å². The van der Waals surface area contributed by atoms with Gasteiger partial charge in [-0.1, -0.05) is 15.9 Å². The van der Waals surface area contributed by atoms with Crippen molar-refractivity contribution in [2.45, 2.75) is 11.8 Å². The molecule has 2 N–H and O–H groups in total. The second-order valence-electron chi connectivity index (χ2n) is 2.35. The third-order valence-electron chi connectivity index (χ3n) is 1.49. The molecule has 0 amide bonds. The number of alkyl halides is 3. The van der Waals surface area contributed by atoms with Gasteiger partial charge in [-0.05, 0) is 6.07 Å². The number of anilines is 1. The molecule has 0 aromatic carbocycles. The number of hydrogen-bond acceptors (Lipinski definition) is 2. The molecule has 72 valence electrons. The first-order valence-corrected chi connectivity index (χ1v) is 4.47. The molecule has 13 heavy (non-hydrogen) atoms. The first-order chi connectivity index (χ1) is 6.06. The van der Waals surface area contributed by atoms with Crippen LogP contribution in [0.25, 0.3) is 0 Å². The molecule has 0 radical (unpaired) electrons. The Labute approximate surface area is 81.1 Å². The number of pyridine rings is 1. The summed E-state index contributed by atoms with van der Waals surface area (Å²) in [6.45, 7) is 0. The van der Waals surface area contributed by atoms with Gasteiger partial charge in [-0.25, -0.2) is 13.8 Å². The maximum atomic E-state index is 12.8. The van der Waals surface area contributed by atoms with Gasteiger partial charge in [-0.3, -0.25) is 0 Å². The highest BCUT2D eigenvalue weighted by Gasteiger charge is 2.15. The predicted molar refractivity (Wildman–Crippen MR) is 46.2 cm³/mol. The van der Waals surface area contributed by atoms with Crippen LogP contribution >= 0.6 is 15.9 Å². The lowest BCUT2D eigenvalue weighted by molar-refractivity contribution is 0.151. The summed E-state index contributed by atoms with van der Waals surface area (Å²) in [6, 6.07) is 1.01. The van der Waals surface area contributed by atoms with Gasteiger partial charge in [-0.15, -0.1) is 0 Å². The second kappa shape index (κ2) is 3.95. The van der Waals surface area contributed by atoms with Crippen molar-refractivity contribution in [3.8, 4) is 0 Å². The van der Waals surface area contributed by atoms with E-state index in [1.54, 1.807) is 0 Å². The zero-order valence-corrected chi connectivity index (χ0v) is 7.98. The summed E-state index contributed by atoms with van der Waals surface area (Å²) in [7, 11) is 0. The number of aromatic nitrogens is 1. The van der Waals surface area contributed by atoms with E-state index in [9.17, 15) is 13.2 Å². The molecule has 0 aliphatic heterocycles. The maximum Gasteiger partial charge on any atom is 0.267 e. The van der Waals surface area contributed by atoms with Crippen LogP contribution in [0.3, 0.4) is 0 Å². The Morgan fingerprint density at radius 3 is 2.62 bits per heavy atom. The van der Waals surface area contributed by atoms with E-state index in [0.29, 0.717) is 0 Å². The van der Waals surface area contributed by atoms with Crippen LogP contribution in [0.2, 0.25) is 0 Å². The van der Waals surface area contributed by atoms with Crippen LogP contribution in [0.5, 0.6) is 0 Å². The van der Waals surface area contributed by atoms with Gasteiger partial charge in [0.1, 0.15) is 5.82 Å². The predicted octanol–water partition coefficient (Wildman–Crippen LogP) is 2.64. The highest BCUT2D eigenvalue weighted by atomic mass is 79.9. The quantitative estimate of drug-likeness (QED) is 0.651. The maximum absolute atomic E-state index is 12.8. The molecule has 0 unspecified atom stereocenters. The van der Waals surface area contributed by atoms with Crippen LogP contribution in [0.4, 0.5) is 19.0 Å². The third-order valence-corrected chi connectivity index (χ3v) is 2.09. The first kappa shape index (κ1) is 10.3. The minimum absolute atomic E-state index is 0.0736.